The van der Waals surface area contributed by atoms with Crippen LogP contribution in [0.15, 0.2) is 0 Å². The fourth-order valence-electron chi connectivity index (χ4n) is 1.98. The lowest BCUT2D eigenvalue weighted by molar-refractivity contribution is -0.119. The second-order valence-electron chi connectivity index (χ2n) is 3.28. The van der Waals surface area contributed by atoms with Crippen molar-refractivity contribution < 1.29 is 9.53 Å². The summed E-state index contributed by atoms with van der Waals surface area (Å²) in [6.45, 7) is 2.54. The summed E-state index contributed by atoms with van der Waals surface area (Å²) in [5.74, 6) is 1.17. The Morgan fingerprint density at radius 3 is 2.90 bits per heavy atom. The molecule has 56 valence electrons. The summed E-state index contributed by atoms with van der Waals surface area (Å²) in [5, 5.41) is 0. The number of fused-ring (bicyclic) bond motifs is 1. The molecule has 2 aliphatic rings. The molecule has 1 aliphatic heterocycles. The van der Waals surface area contributed by atoms with Gasteiger partial charge in [0.2, 0.25) is 0 Å². The van der Waals surface area contributed by atoms with Crippen molar-refractivity contribution in [1.29, 1.82) is 0 Å². The molecule has 0 aromatic rings. The van der Waals surface area contributed by atoms with Crippen LogP contribution in [-0.4, -0.2) is 18.5 Å². The highest BCUT2D eigenvalue weighted by molar-refractivity contribution is 5.82. The van der Waals surface area contributed by atoms with E-state index in [0.717, 1.165) is 13.0 Å². The molecule has 2 unspecified atom stereocenters. The van der Waals surface area contributed by atoms with Gasteiger partial charge in [0.15, 0.2) is 0 Å². The lowest BCUT2D eigenvalue weighted by Gasteiger charge is -2.07. The van der Waals surface area contributed by atoms with Crippen molar-refractivity contribution in [2.45, 2.75) is 25.9 Å². The van der Waals surface area contributed by atoms with E-state index in [2.05, 4.69) is 0 Å². The molecule has 2 fully saturated rings. The van der Waals surface area contributed by atoms with E-state index in [1.165, 1.54) is 6.42 Å². The summed E-state index contributed by atoms with van der Waals surface area (Å²) >= 11 is 0. The van der Waals surface area contributed by atoms with Crippen molar-refractivity contribution in [1.82, 2.24) is 0 Å². The van der Waals surface area contributed by atoms with Gasteiger partial charge in [0.1, 0.15) is 5.78 Å². The molecule has 0 N–H and O–H groups in total. The molecule has 2 heteroatoms. The van der Waals surface area contributed by atoms with E-state index in [0.29, 0.717) is 17.8 Å². The molecule has 0 aromatic carbocycles. The van der Waals surface area contributed by atoms with Crippen molar-refractivity contribution in [2.24, 2.45) is 11.8 Å². The van der Waals surface area contributed by atoms with E-state index in [-0.39, 0.29) is 5.92 Å². The lowest BCUT2D eigenvalue weighted by atomic mass is 10.1. The van der Waals surface area contributed by atoms with Gasteiger partial charge in [0.25, 0.3) is 0 Å². The number of carbonyl (C=O) groups is 1. The minimum absolute atomic E-state index is 0.266. The molecule has 1 saturated heterocycles. The Morgan fingerprint density at radius 2 is 2.40 bits per heavy atom. The highest BCUT2D eigenvalue weighted by Crippen LogP contribution is 2.48. The summed E-state index contributed by atoms with van der Waals surface area (Å²) in [4.78, 5) is 10.9. The monoisotopic (exact) mass is 140 g/mol. The first-order valence-electron chi connectivity index (χ1n) is 3.93. The van der Waals surface area contributed by atoms with E-state index in [9.17, 15) is 4.79 Å². The number of ketones is 1. The topological polar surface area (TPSA) is 26.3 Å². The van der Waals surface area contributed by atoms with Gasteiger partial charge in [-0.05, 0) is 25.7 Å². The van der Waals surface area contributed by atoms with E-state index < -0.39 is 0 Å². The minimum atomic E-state index is 0.266. The molecule has 0 amide bonds. The first-order valence-corrected chi connectivity index (χ1v) is 3.93. The van der Waals surface area contributed by atoms with Crippen LogP contribution in [0.5, 0.6) is 0 Å². The molecule has 10 heavy (non-hydrogen) atoms. The zero-order valence-electron chi connectivity index (χ0n) is 6.17. The molecular weight excluding hydrogens is 128 g/mol. The molecule has 1 saturated carbocycles. The Kier molecular flexibility index (Phi) is 1.31. The Labute approximate surface area is 60.6 Å². The molecule has 0 spiro atoms. The van der Waals surface area contributed by atoms with Crippen molar-refractivity contribution >= 4 is 5.78 Å². The molecule has 2 nitrogen and oxygen atoms in total. The van der Waals surface area contributed by atoms with E-state index in [1.54, 1.807) is 6.92 Å². The predicted octanol–water partition coefficient (Wildman–Crippen LogP) is 1.00. The van der Waals surface area contributed by atoms with Crippen LogP contribution in [0.1, 0.15) is 19.8 Å². The van der Waals surface area contributed by atoms with Crippen molar-refractivity contribution in [3.63, 3.8) is 0 Å². The second-order valence-corrected chi connectivity index (χ2v) is 3.28. The number of hydrogen-bond donors (Lipinski definition) is 0. The Balaban J connectivity index is 1.99. The SMILES string of the molecule is CC(=O)C1C2OCCC[C@@H]21. The Hall–Kier alpha value is -0.370. The quantitative estimate of drug-likeness (QED) is 0.543. The lowest BCUT2D eigenvalue weighted by Crippen LogP contribution is -2.06. The van der Waals surface area contributed by atoms with Crippen LogP contribution in [0.25, 0.3) is 0 Å². The summed E-state index contributed by atoms with van der Waals surface area (Å²) in [5.41, 5.74) is 0. The maximum Gasteiger partial charge on any atom is 0.135 e. The molecule has 1 aliphatic carbocycles. The van der Waals surface area contributed by atoms with Crippen LogP contribution in [-0.2, 0) is 9.53 Å². The number of Topliss-reactive ketones (excluding diaryl/α,β-unsaturated/α-hetero) is 1. The van der Waals surface area contributed by atoms with Crippen LogP contribution >= 0.6 is 0 Å². The van der Waals surface area contributed by atoms with E-state index >= 15 is 0 Å². The number of rotatable bonds is 1. The predicted molar refractivity (Wildman–Crippen MR) is 36.6 cm³/mol. The summed E-state index contributed by atoms with van der Waals surface area (Å²) in [6.07, 6.45) is 2.66. The Morgan fingerprint density at radius 1 is 1.60 bits per heavy atom. The molecule has 0 aromatic heterocycles. The van der Waals surface area contributed by atoms with Crippen LogP contribution in [0.3, 0.4) is 0 Å². The van der Waals surface area contributed by atoms with E-state index in [1.807, 2.05) is 0 Å². The number of carbonyl (C=O) groups excluding carboxylic acids is 1. The maximum absolute atomic E-state index is 10.9. The Bertz CT molecular complexity index is 153. The van der Waals surface area contributed by atoms with Crippen LogP contribution in [0.2, 0.25) is 0 Å². The fourth-order valence-corrected chi connectivity index (χ4v) is 1.98. The van der Waals surface area contributed by atoms with Gasteiger partial charge >= 0.3 is 0 Å². The zero-order chi connectivity index (χ0) is 7.14. The van der Waals surface area contributed by atoms with Crippen LogP contribution in [0.4, 0.5) is 0 Å². The minimum Gasteiger partial charge on any atom is -0.377 e. The molecule has 0 radical (unpaired) electrons. The third-order valence-electron chi connectivity index (χ3n) is 2.56. The normalized spacial score (nSPS) is 44.3. The molecule has 1 heterocycles. The van der Waals surface area contributed by atoms with Crippen LogP contribution in [0, 0.1) is 11.8 Å². The van der Waals surface area contributed by atoms with Gasteiger partial charge in [0.05, 0.1) is 6.10 Å². The van der Waals surface area contributed by atoms with Gasteiger partial charge in [-0.1, -0.05) is 0 Å². The first-order chi connectivity index (χ1) is 4.80. The number of hydrogen-bond acceptors (Lipinski definition) is 2. The van der Waals surface area contributed by atoms with Crippen molar-refractivity contribution in [3.8, 4) is 0 Å². The van der Waals surface area contributed by atoms with Crippen LogP contribution < -0.4 is 0 Å². The van der Waals surface area contributed by atoms with Crippen molar-refractivity contribution in [2.75, 3.05) is 6.61 Å². The summed E-state index contributed by atoms with van der Waals surface area (Å²) in [6, 6.07) is 0. The smallest absolute Gasteiger partial charge is 0.135 e. The van der Waals surface area contributed by atoms with Gasteiger partial charge in [-0.25, -0.2) is 0 Å². The molecule has 2 rings (SSSR count). The summed E-state index contributed by atoms with van der Waals surface area (Å²) < 4.78 is 5.40. The van der Waals surface area contributed by atoms with Crippen molar-refractivity contribution in [3.05, 3.63) is 0 Å². The third kappa shape index (κ3) is 0.788. The van der Waals surface area contributed by atoms with Gasteiger partial charge in [-0.3, -0.25) is 4.79 Å². The van der Waals surface area contributed by atoms with Gasteiger partial charge in [0, 0.05) is 12.5 Å². The van der Waals surface area contributed by atoms with Gasteiger partial charge in [-0.15, -0.1) is 0 Å². The molecule has 0 bridgehead atoms. The van der Waals surface area contributed by atoms with Gasteiger partial charge < -0.3 is 4.74 Å². The molecular formula is C8H12O2. The highest BCUT2D eigenvalue weighted by Gasteiger charge is 2.54. The first kappa shape index (κ1) is 6.35. The number of ether oxygens (including phenoxy) is 1. The largest absolute Gasteiger partial charge is 0.377 e. The summed E-state index contributed by atoms with van der Waals surface area (Å²) in [7, 11) is 0. The fraction of sp³-hybridized carbons (Fsp3) is 0.875. The zero-order valence-corrected chi connectivity index (χ0v) is 6.17. The standard InChI is InChI=1S/C8H12O2/c1-5(9)7-6-3-2-4-10-8(6)7/h6-8H,2-4H2,1H3/t6-,7?,8?/m1/s1. The maximum atomic E-state index is 10.9. The van der Waals surface area contributed by atoms with E-state index in [4.69, 9.17) is 4.74 Å². The third-order valence-corrected chi connectivity index (χ3v) is 2.56. The van der Waals surface area contributed by atoms with Gasteiger partial charge in [-0.2, -0.15) is 0 Å². The average molecular weight is 140 g/mol. The second kappa shape index (κ2) is 2.06. The average Bonchev–Trinajstić information content (AvgIpc) is 2.60. The highest BCUT2D eigenvalue weighted by atomic mass is 16.5. The molecule has 3 atom stereocenters.